The van der Waals surface area contributed by atoms with E-state index in [0.29, 0.717) is 21.7 Å². The molecule has 0 bridgehead atoms. The predicted octanol–water partition coefficient (Wildman–Crippen LogP) is 3.08. The van der Waals surface area contributed by atoms with Gasteiger partial charge in [-0.3, -0.25) is 9.59 Å². The minimum absolute atomic E-state index is 0.0284. The molecule has 1 aliphatic carbocycles. The Kier molecular flexibility index (Phi) is 2.69. The van der Waals surface area contributed by atoms with E-state index in [2.05, 4.69) is 5.32 Å². The Bertz CT molecular complexity index is 851. The zero-order chi connectivity index (χ0) is 14.6. The molecule has 2 aliphatic rings. The van der Waals surface area contributed by atoms with Crippen molar-refractivity contribution in [3.63, 3.8) is 0 Å². The number of allylic oxidation sites excluding steroid dienone is 2. The standard InChI is InChI=1S/C17H13NO2S/c1-9-2-3-10-7-13-12(8-11(10)6-9)15(19)14-17(16(13)20)21-5-4-18-14/h2-3,6-8,18H,4-5H2,1H3. The van der Waals surface area contributed by atoms with Crippen molar-refractivity contribution >= 4 is 34.1 Å². The maximum atomic E-state index is 12.6. The first-order valence-corrected chi connectivity index (χ1v) is 7.88. The minimum atomic E-state index is -0.0600. The average molecular weight is 295 g/mol. The molecule has 2 aromatic carbocycles. The van der Waals surface area contributed by atoms with Crippen LogP contribution in [0.5, 0.6) is 0 Å². The van der Waals surface area contributed by atoms with Gasteiger partial charge in [-0.25, -0.2) is 0 Å². The number of ketones is 2. The monoisotopic (exact) mass is 295 g/mol. The number of nitrogens with one attached hydrogen (secondary N) is 1. The number of hydrogen-bond donors (Lipinski definition) is 1. The molecule has 1 heterocycles. The molecule has 0 saturated heterocycles. The normalized spacial score (nSPS) is 17.6. The van der Waals surface area contributed by atoms with Crippen LogP contribution in [-0.4, -0.2) is 23.9 Å². The highest BCUT2D eigenvalue weighted by Crippen LogP contribution is 2.35. The van der Waals surface area contributed by atoms with E-state index >= 15 is 0 Å². The first-order chi connectivity index (χ1) is 10.1. The zero-order valence-corrected chi connectivity index (χ0v) is 12.3. The average Bonchev–Trinajstić information content (AvgIpc) is 2.51. The zero-order valence-electron chi connectivity index (χ0n) is 11.5. The molecule has 0 amide bonds. The van der Waals surface area contributed by atoms with E-state index in [9.17, 15) is 9.59 Å². The third kappa shape index (κ3) is 1.83. The number of carbonyl (C=O) groups excluding carboxylic acids is 2. The third-order valence-electron chi connectivity index (χ3n) is 3.93. The van der Waals surface area contributed by atoms with Crippen molar-refractivity contribution in [3.05, 3.63) is 57.6 Å². The second-order valence-electron chi connectivity index (χ2n) is 5.39. The van der Waals surface area contributed by atoms with Crippen LogP contribution in [0.25, 0.3) is 10.8 Å². The number of fused-ring (bicyclic) bond motifs is 2. The number of carbonyl (C=O) groups is 2. The quantitative estimate of drug-likeness (QED) is 0.811. The Balaban J connectivity index is 1.99. The lowest BCUT2D eigenvalue weighted by molar-refractivity contribution is 0.0975. The van der Waals surface area contributed by atoms with Crippen LogP contribution in [0.1, 0.15) is 26.3 Å². The Morgan fingerprint density at radius 2 is 1.76 bits per heavy atom. The number of rotatable bonds is 0. The van der Waals surface area contributed by atoms with Gasteiger partial charge in [0.15, 0.2) is 0 Å². The van der Waals surface area contributed by atoms with E-state index in [1.165, 1.54) is 11.8 Å². The largest absolute Gasteiger partial charge is 0.380 e. The van der Waals surface area contributed by atoms with Gasteiger partial charge >= 0.3 is 0 Å². The lowest BCUT2D eigenvalue weighted by Crippen LogP contribution is -2.34. The molecule has 4 heteroatoms. The summed E-state index contributed by atoms with van der Waals surface area (Å²) >= 11 is 1.48. The van der Waals surface area contributed by atoms with Gasteiger partial charge in [-0.1, -0.05) is 23.8 Å². The lowest BCUT2D eigenvalue weighted by Gasteiger charge is -2.25. The highest BCUT2D eigenvalue weighted by atomic mass is 32.2. The molecule has 104 valence electrons. The van der Waals surface area contributed by atoms with Crippen LogP contribution in [0.15, 0.2) is 40.9 Å². The number of benzene rings is 2. The summed E-state index contributed by atoms with van der Waals surface area (Å²) in [6, 6.07) is 9.76. The maximum Gasteiger partial charge on any atom is 0.210 e. The molecule has 0 aromatic heterocycles. The molecule has 0 fully saturated rings. The van der Waals surface area contributed by atoms with Gasteiger partial charge in [0.1, 0.15) is 5.70 Å². The SMILES string of the molecule is Cc1ccc2cc3c(cc2c1)C(=O)C1=C(SCCN1)C3=O. The molecule has 2 aromatic rings. The van der Waals surface area contributed by atoms with E-state index < -0.39 is 0 Å². The van der Waals surface area contributed by atoms with Gasteiger partial charge in [0.05, 0.1) is 4.91 Å². The second kappa shape index (κ2) is 4.46. The number of aryl methyl sites for hydroxylation is 1. The fraction of sp³-hybridized carbons (Fsp3) is 0.176. The lowest BCUT2D eigenvalue weighted by atomic mass is 9.89. The molecule has 1 aliphatic heterocycles. The van der Waals surface area contributed by atoms with Crippen molar-refractivity contribution in [1.29, 1.82) is 0 Å². The fourth-order valence-electron chi connectivity index (χ4n) is 2.89. The predicted molar refractivity (Wildman–Crippen MR) is 84.8 cm³/mol. The highest BCUT2D eigenvalue weighted by Gasteiger charge is 2.34. The Morgan fingerprint density at radius 3 is 2.62 bits per heavy atom. The first kappa shape index (κ1) is 12.7. The highest BCUT2D eigenvalue weighted by molar-refractivity contribution is 8.04. The topological polar surface area (TPSA) is 46.2 Å². The van der Waals surface area contributed by atoms with Crippen molar-refractivity contribution in [1.82, 2.24) is 5.32 Å². The maximum absolute atomic E-state index is 12.6. The van der Waals surface area contributed by atoms with Gasteiger partial charge in [-0.15, -0.1) is 11.8 Å². The molecular formula is C17H13NO2S. The summed E-state index contributed by atoms with van der Waals surface area (Å²) in [6.07, 6.45) is 0. The Labute approximate surface area is 126 Å². The van der Waals surface area contributed by atoms with Gasteiger partial charge in [-0.2, -0.15) is 0 Å². The van der Waals surface area contributed by atoms with Gasteiger partial charge in [-0.05, 0) is 29.8 Å². The van der Waals surface area contributed by atoms with E-state index in [4.69, 9.17) is 0 Å². The molecule has 0 spiro atoms. The number of thioether (sulfide) groups is 1. The van der Waals surface area contributed by atoms with Crippen LogP contribution in [0.2, 0.25) is 0 Å². The van der Waals surface area contributed by atoms with Crippen LogP contribution in [-0.2, 0) is 0 Å². The van der Waals surface area contributed by atoms with E-state index in [1.807, 2.05) is 37.3 Å². The van der Waals surface area contributed by atoms with Gasteiger partial charge in [0.2, 0.25) is 11.6 Å². The molecule has 4 rings (SSSR count). The van der Waals surface area contributed by atoms with Crippen LogP contribution in [0.3, 0.4) is 0 Å². The van der Waals surface area contributed by atoms with Gasteiger partial charge in [0.25, 0.3) is 0 Å². The summed E-state index contributed by atoms with van der Waals surface area (Å²) in [5.41, 5.74) is 2.68. The summed E-state index contributed by atoms with van der Waals surface area (Å²) in [6.45, 7) is 2.75. The van der Waals surface area contributed by atoms with Crippen molar-refractivity contribution < 1.29 is 9.59 Å². The summed E-state index contributed by atoms with van der Waals surface area (Å²) in [7, 11) is 0. The van der Waals surface area contributed by atoms with E-state index in [1.54, 1.807) is 0 Å². The summed E-state index contributed by atoms with van der Waals surface area (Å²) in [4.78, 5) is 25.8. The summed E-state index contributed by atoms with van der Waals surface area (Å²) < 4.78 is 0. The van der Waals surface area contributed by atoms with Crippen LogP contribution in [0, 0.1) is 6.92 Å². The van der Waals surface area contributed by atoms with Crippen molar-refractivity contribution in [2.45, 2.75) is 6.92 Å². The summed E-state index contributed by atoms with van der Waals surface area (Å²) in [5, 5.41) is 5.09. The minimum Gasteiger partial charge on any atom is -0.380 e. The van der Waals surface area contributed by atoms with Gasteiger partial charge < -0.3 is 5.32 Å². The Morgan fingerprint density at radius 1 is 1.00 bits per heavy atom. The smallest absolute Gasteiger partial charge is 0.210 e. The van der Waals surface area contributed by atoms with Crippen molar-refractivity contribution in [2.24, 2.45) is 0 Å². The molecule has 0 unspecified atom stereocenters. The number of Topliss-reactive ketones (excluding diaryl/α,β-unsaturated/α-hetero) is 2. The van der Waals surface area contributed by atoms with E-state index in [0.717, 1.165) is 28.6 Å². The molecule has 3 nitrogen and oxygen atoms in total. The molecule has 0 radical (unpaired) electrons. The number of hydrogen-bond acceptors (Lipinski definition) is 4. The molecule has 1 N–H and O–H groups in total. The Hall–Kier alpha value is -2.07. The van der Waals surface area contributed by atoms with Crippen LogP contribution >= 0.6 is 11.8 Å². The van der Waals surface area contributed by atoms with Crippen LogP contribution < -0.4 is 5.32 Å². The molecular weight excluding hydrogens is 282 g/mol. The molecule has 21 heavy (non-hydrogen) atoms. The van der Waals surface area contributed by atoms with Gasteiger partial charge in [0, 0.05) is 23.4 Å². The van der Waals surface area contributed by atoms with Crippen LogP contribution in [0.4, 0.5) is 0 Å². The second-order valence-corrected chi connectivity index (χ2v) is 6.49. The van der Waals surface area contributed by atoms with Crippen molar-refractivity contribution in [2.75, 3.05) is 12.3 Å². The fourth-order valence-corrected chi connectivity index (χ4v) is 3.85. The third-order valence-corrected chi connectivity index (χ3v) is 5.02. The summed E-state index contributed by atoms with van der Waals surface area (Å²) in [5.74, 6) is 0.731. The van der Waals surface area contributed by atoms with E-state index in [-0.39, 0.29) is 11.6 Å². The molecule has 0 saturated carbocycles. The van der Waals surface area contributed by atoms with Crippen molar-refractivity contribution in [3.8, 4) is 0 Å². The molecule has 0 atom stereocenters. The first-order valence-electron chi connectivity index (χ1n) is 6.90.